The van der Waals surface area contributed by atoms with Crippen LogP contribution in [0.2, 0.25) is 0 Å². The van der Waals surface area contributed by atoms with Gasteiger partial charge in [-0.2, -0.15) is 0 Å². The Balaban J connectivity index is 3.43. The fourth-order valence-electron chi connectivity index (χ4n) is 0.691. The number of nitrogens with zero attached hydrogens (tertiary/aromatic N) is 1. The average molecular weight is 202 g/mol. The molecule has 0 aliphatic carbocycles. The molecule has 0 aromatic carbocycles. The number of pyridine rings is 1. The normalized spacial score (nSPS) is 9.90. The molecule has 0 fully saturated rings. The summed E-state index contributed by atoms with van der Waals surface area (Å²) in [7, 11) is 1.73. The second kappa shape index (κ2) is 2.58. The summed E-state index contributed by atoms with van der Waals surface area (Å²) in [6, 6.07) is 1.60. The van der Waals surface area contributed by atoms with Crippen LogP contribution in [0.15, 0.2) is 21.5 Å². The van der Waals surface area contributed by atoms with Crippen molar-refractivity contribution in [2.24, 2.45) is 7.05 Å². The minimum Gasteiger partial charge on any atom is -0.317 e. The number of aryl methyl sites for hydroxylation is 2. The summed E-state index contributed by atoms with van der Waals surface area (Å²) in [6.07, 6.45) is 1.76. The summed E-state index contributed by atoms with van der Waals surface area (Å²) in [5, 5.41) is 0. The van der Waals surface area contributed by atoms with E-state index in [1.807, 2.05) is 6.92 Å². The Kier molecular flexibility index (Phi) is 1.94. The summed E-state index contributed by atoms with van der Waals surface area (Å²) in [5.41, 5.74) is 1.00. The first kappa shape index (κ1) is 7.54. The van der Waals surface area contributed by atoms with Crippen LogP contribution in [0.3, 0.4) is 0 Å². The highest BCUT2D eigenvalue weighted by Crippen LogP contribution is 2.10. The Morgan fingerprint density at radius 2 is 2.20 bits per heavy atom. The SMILES string of the molecule is Cc1cc(=O)n(C)cc1Br. The van der Waals surface area contributed by atoms with Gasteiger partial charge in [0.2, 0.25) is 0 Å². The molecule has 0 radical (unpaired) electrons. The average Bonchev–Trinajstić information content (AvgIpc) is 1.84. The standard InChI is InChI=1S/C7H8BrNO/c1-5-3-7(10)9(2)4-6(5)8/h3-4H,1-2H3. The van der Waals surface area contributed by atoms with E-state index >= 15 is 0 Å². The predicted octanol–water partition coefficient (Wildman–Crippen LogP) is 1.46. The van der Waals surface area contributed by atoms with Gasteiger partial charge in [0.15, 0.2) is 0 Å². The molecule has 10 heavy (non-hydrogen) atoms. The monoisotopic (exact) mass is 201 g/mol. The molecule has 1 heterocycles. The van der Waals surface area contributed by atoms with Crippen LogP contribution in [0.25, 0.3) is 0 Å². The highest BCUT2D eigenvalue weighted by atomic mass is 79.9. The maximum atomic E-state index is 10.9. The Morgan fingerprint density at radius 1 is 1.60 bits per heavy atom. The van der Waals surface area contributed by atoms with Crippen molar-refractivity contribution in [3.05, 3.63) is 32.7 Å². The third kappa shape index (κ3) is 1.29. The Morgan fingerprint density at radius 3 is 2.70 bits per heavy atom. The second-order valence-electron chi connectivity index (χ2n) is 2.25. The summed E-state index contributed by atoms with van der Waals surface area (Å²) >= 11 is 3.32. The summed E-state index contributed by atoms with van der Waals surface area (Å²) in [4.78, 5) is 10.9. The van der Waals surface area contributed by atoms with Gasteiger partial charge >= 0.3 is 0 Å². The highest BCUT2D eigenvalue weighted by molar-refractivity contribution is 9.10. The Labute approximate surface area is 67.6 Å². The molecule has 0 aliphatic heterocycles. The van der Waals surface area contributed by atoms with Crippen molar-refractivity contribution in [2.75, 3.05) is 0 Å². The van der Waals surface area contributed by atoms with Crippen LogP contribution in [-0.2, 0) is 7.05 Å². The van der Waals surface area contributed by atoms with E-state index in [0.29, 0.717) is 0 Å². The number of aromatic nitrogens is 1. The van der Waals surface area contributed by atoms with E-state index in [-0.39, 0.29) is 5.56 Å². The van der Waals surface area contributed by atoms with Crippen LogP contribution in [0.1, 0.15) is 5.56 Å². The van der Waals surface area contributed by atoms with Crippen molar-refractivity contribution >= 4 is 15.9 Å². The van der Waals surface area contributed by atoms with Crippen molar-refractivity contribution in [3.63, 3.8) is 0 Å². The van der Waals surface area contributed by atoms with Gasteiger partial charge in [0, 0.05) is 23.8 Å². The zero-order valence-electron chi connectivity index (χ0n) is 5.89. The fraction of sp³-hybridized carbons (Fsp3) is 0.286. The van der Waals surface area contributed by atoms with Crippen molar-refractivity contribution in [3.8, 4) is 0 Å². The van der Waals surface area contributed by atoms with E-state index in [2.05, 4.69) is 15.9 Å². The minimum atomic E-state index is 0.0284. The number of rotatable bonds is 0. The molecule has 3 heteroatoms. The topological polar surface area (TPSA) is 22.0 Å². The summed E-state index contributed by atoms with van der Waals surface area (Å²) < 4.78 is 2.51. The van der Waals surface area contributed by atoms with Crippen LogP contribution < -0.4 is 5.56 Å². The highest BCUT2D eigenvalue weighted by Gasteiger charge is 1.95. The molecule has 1 aromatic rings. The molecule has 1 rings (SSSR count). The van der Waals surface area contributed by atoms with Crippen molar-refractivity contribution in [1.29, 1.82) is 0 Å². The van der Waals surface area contributed by atoms with Gasteiger partial charge < -0.3 is 4.57 Å². The van der Waals surface area contributed by atoms with E-state index in [0.717, 1.165) is 10.0 Å². The van der Waals surface area contributed by atoms with Crippen LogP contribution in [0.4, 0.5) is 0 Å². The molecule has 1 aromatic heterocycles. The molecule has 0 saturated heterocycles. The Bertz CT molecular complexity index is 303. The molecular weight excluding hydrogens is 194 g/mol. The van der Waals surface area contributed by atoms with Crippen LogP contribution in [-0.4, -0.2) is 4.57 Å². The minimum absolute atomic E-state index is 0.0284. The molecule has 0 spiro atoms. The smallest absolute Gasteiger partial charge is 0.250 e. The van der Waals surface area contributed by atoms with E-state index < -0.39 is 0 Å². The lowest BCUT2D eigenvalue weighted by Gasteiger charge is -1.99. The van der Waals surface area contributed by atoms with Gasteiger partial charge in [0.05, 0.1) is 0 Å². The predicted molar refractivity (Wildman–Crippen MR) is 44.1 cm³/mol. The van der Waals surface area contributed by atoms with Crippen molar-refractivity contribution in [1.82, 2.24) is 4.57 Å². The first-order valence-electron chi connectivity index (χ1n) is 2.94. The quantitative estimate of drug-likeness (QED) is 0.624. The molecule has 0 atom stereocenters. The van der Waals surface area contributed by atoms with Gasteiger partial charge in [-0.1, -0.05) is 0 Å². The lowest BCUT2D eigenvalue weighted by molar-refractivity contribution is 0.850. The van der Waals surface area contributed by atoms with Gasteiger partial charge in [0.25, 0.3) is 5.56 Å². The summed E-state index contributed by atoms with van der Waals surface area (Å²) in [5.74, 6) is 0. The van der Waals surface area contributed by atoms with E-state index in [9.17, 15) is 4.79 Å². The van der Waals surface area contributed by atoms with Crippen LogP contribution in [0, 0.1) is 6.92 Å². The second-order valence-corrected chi connectivity index (χ2v) is 3.11. The van der Waals surface area contributed by atoms with Gasteiger partial charge in [0.1, 0.15) is 0 Å². The van der Waals surface area contributed by atoms with E-state index in [1.54, 1.807) is 19.3 Å². The molecule has 0 aliphatic rings. The van der Waals surface area contributed by atoms with Gasteiger partial charge in [-0.15, -0.1) is 0 Å². The van der Waals surface area contributed by atoms with Crippen LogP contribution >= 0.6 is 15.9 Å². The lowest BCUT2D eigenvalue weighted by atomic mass is 10.3. The molecule has 2 nitrogen and oxygen atoms in total. The summed E-state index contributed by atoms with van der Waals surface area (Å²) in [6.45, 7) is 1.89. The molecule has 0 N–H and O–H groups in total. The van der Waals surface area contributed by atoms with Crippen LogP contribution in [0.5, 0.6) is 0 Å². The van der Waals surface area contributed by atoms with Gasteiger partial charge in [-0.05, 0) is 28.4 Å². The molecule has 0 saturated carbocycles. The maximum Gasteiger partial charge on any atom is 0.250 e. The largest absolute Gasteiger partial charge is 0.317 e. The van der Waals surface area contributed by atoms with E-state index in [1.165, 1.54) is 4.57 Å². The molecule has 0 bridgehead atoms. The van der Waals surface area contributed by atoms with E-state index in [4.69, 9.17) is 0 Å². The zero-order valence-corrected chi connectivity index (χ0v) is 7.47. The maximum absolute atomic E-state index is 10.9. The van der Waals surface area contributed by atoms with Crippen molar-refractivity contribution < 1.29 is 0 Å². The molecule has 54 valence electrons. The molecular formula is C7H8BrNO. The first-order valence-corrected chi connectivity index (χ1v) is 3.73. The van der Waals surface area contributed by atoms with Gasteiger partial charge in [-0.25, -0.2) is 0 Å². The fourth-order valence-corrected chi connectivity index (χ4v) is 1.11. The molecule has 0 unspecified atom stereocenters. The lowest BCUT2D eigenvalue weighted by Crippen LogP contribution is -2.14. The molecule has 0 amide bonds. The number of hydrogen-bond acceptors (Lipinski definition) is 1. The Hall–Kier alpha value is -0.570. The number of halogens is 1. The van der Waals surface area contributed by atoms with Gasteiger partial charge in [-0.3, -0.25) is 4.79 Å². The first-order chi connectivity index (χ1) is 4.61. The van der Waals surface area contributed by atoms with Crippen molar-refractivity contribution in [2.45, 2.75) is 6.92 Å². The number of hydrogen-bond donors (Lipinski definition) is 0. The zero-order chi connectivity index (χ0) is 7.72. The third-order valence-electron chi connectivity index (χ3n) is 1.37. The third-order valence-corrected chi connectivity index (χ3v) is 2.20.